The van der Waals surface area contributed by atoms with E-state index in [1.807, 2.05) is 24.3 Å². The predicted molar refractivity (Wildman–Crippen MR) is 84.0 cm³/mol. The maximum absolute atomic E-state index is 11.5. The monoisotopic (exact) mass is 312 g/mol. The molecule has 0 amide bonds. The average Bonchev–Trinajstić information content (AvgIpc) is 2.46. The molecule has 0 spiro atoms. The summed E-state index contributed by atoms with van der Waals surface area (Å²) in [6, 6.07) is 8.10. The summed E-state index contributed by atoms with van der Waals surface area (Å²) in [5.74, 6) is 0.793. The van der Waals surface area contributed by atoms with Crippen molar-refractivity contribution in [1.29, 1.82) is 0 Å². The van der Waals surface area contributed by atoms with Gasteiger partial charge >= 0.3 is 0 Å². The molecule has 1 aromatic carbocycles. The molecule has 3 N–H and O–H groups in total. The van der Waals surface area contributed by atoms with Crippen molar-refractivity contribution in [3.05, 3.63) is 29.8 Å². The van der Waals surface area contributed by atoms with Gasteiger partial charge in [0.15, 0.2) is 0 Å². The van der Waals surface area contributed by atoms with Gasteiger partial charge in [-0.05, 0) is 43.4 Å². The highest BCUT2D eigenvalue weighted by Crippen LogP contribution is 2.39. The Hall–Kier alpha value is -1.11. The summed E-state index contributed by atoms with van der Waals surface area (Å²) in [6.07, 6.45) is 4.76. The van der Waals surface area contributed by atoms with Crippen LogP contribution in [0.2, 0.25) is 0 Å². The summed E-state index contributed by atoms with van der Waals surface area (Å²) in [7, 11) is -1.58. The molecule has 0 heterocycles. The molecule has 118 valence electrons. The van der Waals surface area contributed by atoms with Crippen molar-refractivity contribution in [1.82, 2.24) is 4.72 Å². The fraction of sp³-hybridized carbons (Fsp3) is 0.600. The van der Waals surface area contributed by atoms with Gasteiger partial charge in [0.2, 0.25) is 10.0 Å². The number of sulfonamides is 1. The number of rotatable bonds is 5. The van der Waals surface area contributed by atoms with Crippen LogP contribution in [0.5, 0.6) is 5.75 Å². The Morgan fingerprint density at radius 1 is 1.38 bits per heavy atom. The molecule has 0 saturated heterocycles. The molecule has 0 aromatic heterocycles. The molecule has 1 aliphatic carbocycles. The molecule has 0 atom stereocenters. The van der Waals surface area contributed by atoms with E-state index in [-0.39, 0.29) is 11.5 Å². The third-order valence-corrected chi connectivity index (χ3v) is 5.01. The van der Waals surface area contributed by atoms with Crippen LogP contribution in [0.15, 0.2) is 24.3 Å². The Morgan fingerprint density at radius 2 is 2.05 bits per heavy atom. The first kappa shape index (κ1) is 16.3. The van der Waals surface area contributed by atoms with Gasteiger partial charge in [0, 0.05) is 18.0 Å². The molecule has 6 heteroatoms. The summed E-state index contributed by atoms with van der Waals surface area (Å²) >= 11 is 0. The predicted octanol–water partition coefficient (Wildman–Crippen LogP) is 1.38. The van der Waals surface area contributed by atoms with E-state index in [9.17, 15) is 8.42 Å². The number of nitrogens with two attached hydrogens (primary N) is 1. The summed E-state index contributed by atoms with van der Waals surface area (Å²) in [5, 5.41) is 0. The van der Waals surface area contributed by atoms with E-state index in [1.165, 1.54) is 6.26 Å². The first-order valence-electron chi connectivity index (χ1n) is 7.19. The number of methoxy groups -OCH3 is 1. The number of hydrogen-bond acceptors (Lipinski definition) is 4. The lowest BCUT2D eigenvalue weighted by molar-refractivity contribution is 0.269. The molecule has 2 rings (SSSR count). The lowest BCUT2D eigenvalue weighted by atomic mass is 9.68. The van der Waals surface area contributed by atoms with Gasteiger partial charge in [0.05, 0.1) is 13.4 Å². The van der Waals surface area contributed by atoms with Crippen LogP contribution in [0, 0.1) is 0 Å². The van der Waals surface area contributed by atoms with Crippen LogP contribution in [0.3, 0.4) is 0 Å². The second-order valence-corrected chi connectivity index (χ2v) is 7.78. The highest BCUT2D eigenvalue weighted by atomic mass is 32.2. The van der Waals surface area contributed by atoms with E-state index < -0.39 is 10.0 Å². The van der Waals surface area contributed by atoms with E-state index in [0.29, 0.717) is 6.54 Å². The quantitative estimate of drug-likeness (QED) is 0.861. The van der Waals surface area contributed by atoms with Crippen LogP contribution >= 0.6 is 0 Å². The smallest absolute Gasteiger partial charge is 0.208 e. The molecule has 1 fully saturated rings. The lowest BCUT2D eigenvalue weighted by Gasteiger charge is -2.40. The second kappa shape index (κ2) is 6.34. The minimum Gasteiger partial charge on any atom is -0.497 e. The van der Waals surface area contributed by atoms with E-state index in [2.05, 4.69) is 4.72 Å². The van der Waals surface area contributed by atoms with Crippen LogP contribution in [0.25, 0.3) is 0 Å². The molecular weight excluding hydrogens is 288 g/mol. The van der Waals surface area contributed by atoms with E-state index in [4.69, 9.17) is 10.5 Å². The molecule has 1 saturated carbocycles. The zero-order chi connectivity index (χ0) is 15.5. The average molecular weight is 312 g/mol. The zero-order valence-electron chi connectivity index (χ0n) is 12.6. The Kier molecular flexibility index (Phi) is 4.91. The van der Waals surface area contributed by atoms with Crippen LogP contribution < -0.4 is 15.2 Å². The van der Waals surface area contributed by atoms with Crippen molar-refractivity contribution in [2.45, 2.75) is 37.1 Å². The number of benzene rings is 1. The van der Waals surface area contributed by atoms with Crippen molar-refractivity contribution >= 4 is 10.0 Å². The Morgan fingerprint density at radius 3 is 2.62 bits per heavy atom. The number of nitrogens with one attached hydrogen (secondary N) is 1. The largest absolute Gasteiger partial charge is 0.497 e. The van der Waals surface area contributed by atoms with E-state index in [1.54, 1.807) is 7.11 Å². The maximum Gasteiger partial charge on any atom is 0.208 e. The lowest BCUT2D eigenvalue weighted by Crippen LogP contribution is -2.45. The second-order valence-electron chi connectivity index (χ2n) is 5.94. The highest BCUT2D eigenvalue weighted by Gasteiger charge is 2.36. The topological polar surface area (TPSA) is 81.4 Å². The van der Waals surface area contributed by atoms with E-state index in [0.717, 1.165) is 37.0 Å². The van der Waals surface area contributed by atoms with Gasteiger partial charge < -0.3 is 10.5 Å². The standard InChI is InChI=1S/C15H24N2O3S/c1-20-14-5-3-4-12(10-14)15(11-17-21(2,18)19)8-6-13(16)7-9-15/h3-5,10,13,17H,6-9,11,16H2,1-2H3/t13-,15-. The van der Waals surface area contributed by atoms with Gasteiger partial charge in [-0.1, -0.05) is 12.1 Å². The fourth-order valence-electron chi connectivity index (χ4n) is 2.98. The van der Waals surface area contributed by atoms with Crippen molar-refractivity contribution in [3.63, 3.8) is 0 Å². The molecule has 1 aromatic rings. The van der Waals surface area contributed by atoms with Crippen LogP contribution in [-0.4, -0.2) is 34.4 Å². The van der Waals surface area contributed by atoms with Crippen molar-refractivity contribution in [2.75, 3.05) is 19.9 Å². The third kappa shape index (κ3) is 4.18. The minimum absolute atomic E-state index is 0.201. The molecule has 0 radical (unpaired) electrons. The Balaban J connectivity index is 2.30. The van der Waals surface area contributed by atoms with Gasteiger partial charge in [-0.15, -0.1) is 0 Å². The van der Waals surface area contributed by atoms with Gasteiger partial charge in [-0.3, -0.25) is 0 Å². The number of hydrogen-bond donors (Lipinski definition) is 2. The van der Waals surface area contributed by atoms with Crippen molar-refractivity contribution in [2.24, 2.45) is 5.73 Å². The molecule has 0 bridgehead atoms. The fourth-order valence-corrected chi connectivity index (χ4v) is 3.52. The zero-order valence-corrected chi connectivity index (χ0v) is 13.4. The van der Waals surface area contributed by atoms with Crippen LogP contribution in [0.4, 0.5) is 0 Å². The Bertz CT molecular complexity index is 578. The third-order valence-electron chi connectivity index (χ3n) is 4.34. The molecular formula is C15H24N2O3S. The summed E-state index contributed by atoms with van der Waals surface area (Å²) in [5.41, 5.74) is 6.92. The molecule has 21 heavy (non-hydrogen) atoms. The number of ether oxygens (including phenoxy) is 1. The van der Waals surface area contributed by atoms with Gasteiger partial charge in [0.25, 0.3) is 0 Å². The minimum atomic E-state index is -3.21. The molecule has 0 aliphatic heterocycles. The van der Waals surface area contributed by atoms with E-state index >= 15 is 0 Å². The molecule has 1 aliphatic rings. The first-order chi connectivity index (χ1) is 9.85. The Labute approximate surface area is 126 Å². The maximum atomic E-state index is 11.5. The SMILES string of the molecule is COc1cccc([C@]2(CNS(C)(=O)=O)CC[C@@H](N)CC2)c1. The molecule has 0 unspecified atom stereocenters. The van der Waals surface area contributed by atoms with Crippen LogP contribution in [-0.2, 0) is 15.4 Å². The summed E-state index contributed by atoms with van der Waals surface area (Å²) < 4.78 is 30.9. The van der Waals surface area contributed by atoms with Crippen molar-refractivity contribution < 1.29 is 13.2 Å². The molecule has 5 nitrogen and oxygen atoms in total. The van der Waals surface area contributed by atoms with Gasteiger partial charge in [-0.25, -0.2) is 13.1 Å². The summed E-state index contributed by atoms with van der Waals surface area (Å²) in [6.45, 7) is 0.408. The van der Waals surface area contributed by atoms with Gasteiger partial charge in [0.1, 0.15) is 5.75 Å². The first-order valence-corrected chi connectivity index (χ1v) is 9.08. The van der Waals surface area contributed by atoms with Crippen molar-refractivity contribution in [3.8, 4) is 5.75 Å². The summed E-state index contributed by atoms with van der Waals surface area (Å²) in [4.78, 5) is 0. The highest BCUT2D eigenvalue weighted by molar-refractivity contribution is 7.88. The van der Waals surface area contributed by atoms with Gasteiger partial charge in [-0.2, -0.15) is 0 Å². The normalized spacial score (nSPS) is 26.5. The van der Waals surface area contributed by atoms with Crippen LogP contribution in [0.1, 0.15) is 31.2 Å².